The number of fused-ring (bicyclic) bond motifs is 5. The lowest BCUT2D eigenvalue weighted by atomic mass is 9.91. The second-order valence-electron chi connectivity index (χ2n) is 11.0. The molecule has 0 saturated carbocycles. The summed E-state index contributed by atoms with van der Waals surface area (Å²) in [5, 5.41) is 7.29. The molecular weight excluding hydrogens is 520 g/mol. The Kier molecular flexibility index (Phi) is 6.05. The highest BCUT2D eigenvalue weighted by atomic mass is 14.7. The Hall–Kier alpha value is -5.60. The molecule has 0 fully saturated rings. The Morgan fingerprint density at radius 3 is 1.98 bits per heavy atom. The highest BCUT2D eigenvalue weighted by Crippen LogP contribution is 2.38. The molecule has 202 valence electrons. The van der Waals surface area contributed by atoms with E-state index in [1.54, 1.807) is 0 Å². The van der Waals surface area contributed by atoms with Crippen LogP contribution in [-0.2, 0) is 0 Å². The van der Waals surface area contributed by atoms with E-state index in [2.05, 4.69) is 151 Å². The van der Waals surface area contributed by atoms with Crippen molar-refractivity contribution in [1.29, 1.82) is 0 Å². The van der Waals surface area contributed by atoms with Crippen LogP contribution in [-0.4, -0.2) is 17.7 Å². The topological polar surface area (TPSA) is 25.2 Å². The zero-order chi connectivity index (χ0) is 28.8. The average Bonchev–Trinajstić information content (AvgIpc) is 3.07. The molecule has 8 rings (SSSR count). The maximum atomic E-state index is 5.05. The van der Waals surface area contributed by atoms with Crippen molar-refractivity contribution in [3.05, 3.63) is 157 Å². The molecular formula is C41H28N2. The van der Waals surface area contributed by atoms with Gasteiger partial charge in [-0.15, -0.1) is 0 Å². The van der Waals surface area contributed by atoms with Crippen LogP contribution in [0.4, 0.5) is 0 Å². The van der Waals surface area contributed by atoms with Gasteiger partial charge in [0.1, 0.15) is 0 Å². The molecule has 2 nitrogen and oxygen atoms in total. The molecule has 0 atom stereocenters. The lowest BCUT2D eigenvalue weighted by Crippen LogP contribution is -1.99. The number of pyridine rings is 1. The molecule has 0 unspecified atom stereocenters. The fourth-order valence-corrected chi connectivity index (χ4v) is 6.37. The van der Waals surface area contributed by atoms with E-state index in [0.29, 0.717) is 0 Å². The third-order valence-electron chi connectivity index (χ3n) is 8.50. The first-order chi connectivity index (χ1) is 21.3. The van der Waals surface area contributed by atoms with Crippen LogP contribution in [0, 0.1) is 0 Å². The second kappa shape index (κ2) is 10.3. The van der Waals surface area contributed by atoms with E-state index in [1.807, 2.05) is 13.1 Å². The number of hydrogen-bond acceptors (Lipinski definition) is 2. The van der Waals surface area contributed by atoms with E-state index < -0.39 is 0 Å². The average molecular weight is 549 g/mol. The molecule has 0 saturated heterocycles. The largest absolute Gasteiger partial charge is 0.288 e. The van der Waals surface area contributed by atoms with Crippen LogP contribution in [0.5, 0.6) is 0 Å². The summed E-state index contributed by atoms with van der Waals surface area (Å²) in [4.78, 5) is 9.51. The Labute approximate surface area is 250 Å². The number of nitrogens with zero attached hydrogens (tertiary/aromatic N) is 2. The van der Waals surface area contributed by atoms with E-state index >= 15 is 0 Å². The van der Waals surface area contributed by atoms with Gasteiger partial charge in [-0.3, -0.25) is 4.99 Å². The van der Waals surface area contributed by atoms with Crippen LogP contribution in [0.3, 0.4) is 0 Å². The molecule has 0 bridgehead atoms. The van der Waals surface area contributed by atoms with Gasteiger partial charge in [0.15, 0.2) is 0 Å². The van der Waals surface area contributed by atoms with E-state index in [0.717, 1.165) is 27.7 Å². The molecule has 0 spiro atoms. The number of aromatic nitrogens is 1. The normalized spacial score (nSPS) is 15.0. The summed E-state index contributed by atoms with van der Waals surface area (Å²) in [6.07, 6.45) is 10.5. The third kappa shape index (κ3) is 4.36. The number of rotatable bonds is 3. The summed E-state index contributed by atoms with van der Waals surface area (Å²) in [6, 6.07) is 43.7. The molecule has 2 heteroatoms. The highest BCUT2D eigenvalue weighted by Gasteiger charge is 2.13. The summed E-state index contributed by atoms with van der Waals surface area (Å²) < 4.78 is 0. The van der Waals surface area contributed by atoms with Crippen LogP contribution in [0.2, 0.25) is 0 Å². The molecule has 1 heterocycles. The van der Waals surface area contributed by atoms with E-state index in [-0.39, 0.29) is 0 Å². The van der Waals surface area contributed by atoms with Crippen molar-refractivity contribution in [2.45, 2.75) is 0 Å². The lowest BCUT2D eigenvalue weighted by molar-refractivity contribution is 1.44. The second-order valence-corrected chi connectivity index (χ2v) is 11.0. The minimum Gasteiger partial charge on any atom is -0.288 e. The molecule has 0 amide bonds. The number of para-hydroxylation sites is 1. The molecule has 1 aliphatic carbocycles. The number of benzene rings is 6. The standard InChI is InChI=1S/C41H28N2/c1-42-39-16-8-2-10-30(39)24-29-22-23-33(34-13-5-4-12-32(29)34)27-18-20-28(21-19-27)37-26-41-38(36-15-7-6-14-35(36)37)25-31-11-3-9-17-40(31)43-41/h2-26H,1H3/b30-24-,42-39?. The first kappa shape index (κ1) is 25.1. The first-order valence-corrected chi connectivity index (χ1v) is 14.6. The summed E-state index contributed by atoms with van der Waals surface area (Å²) in [5.74, 6) is 0. The van der Waals surface area contributed by atoms with Gasteiger partial charge in [-0.1, -0.05) is 121 Å². The fourth-order valence-electron chi connectivity index (χ4n) is 6.37. The third-order valence-corrected chi connectivity index (χ3v) is 8.50. The Balaban J connectivity index is 1.24. The van der Waals surface area contributed by atoms with Crippen molar-refractivity contribution in [2.75, 3.05) is 7.05 Å². The van der Waals surface area contributed by atoms with E-state index in [4.69, 9.17) is 4.98 Å². The quantitative estimate of drug-likeness (QED) is 0.159. The van der Waals surface area contributed by atoms with Gasteiger partial charge in [0, 0.05) is 23.4 Å². The van der Waals surface area contributed by atoms with Gasteiger partial charge < -0.3 is 0 Å². The van der Waals surface area contributed by atoms with Crippen LogP contribution < -0.4 is 0 Å². The lowest BCUT2D eigenvalue weighted by Gasteiger charge is -2.14. The molecule has 0 N–H and O–H groups in total. The smallest absolute Gasteiger partial charge is 0.0722 e. The van der Waals surface area contributed by atoms with Crippen LogP contribution in [0.15, 0.2) is 156 Å². The van der Waals surface area contributed by atoms with Gasteiger partial charge in [0.2, 0.25) is 0 Å². The van der Waals surface area contributed by atoms with Crippen molar-refractivity contribution in [3.63, 3.8) is 0 Å². The first-order valence-electron chi connectivity index (χ1n) is 14.6. The van der Waals surface area contributed by atoms with Crippen molar-refractivity contribution in [2.24, 2.45) is 4.99 Å². The summed E-state index contributed by atoms with van der Waals surface area (Å²) in [7, 11) is 1.84. The van der Waals surface area contributed by atoms with E-state index in [1.165, 1.54) is 54.7 Å². The minimum atomic E-state index is 0.996. The maximum Gasteiger partial charge on any atom is 0.0722 e. The molecule has 1 aromatic heterocycles. The number of hydrogen-bond donors (Lipinski definition) is 0. The van der Waals surface area contributed by atoms with Gasteiger partial charge in [0.25, 0.3) is 0 Å². The molecule has 7 aromatic rings. The molecule has 43 heavy (non-hydrogen) atoms. The van der Waals surface area contributed by atoms with Gasteiger partial charge in [-0.05, 0) is 79.7 Å². The van der Waals surface area contributed by atoms with Crippen molar-refractivity contribution < 1.29 is 0 Å². The van der Waals surface area contributed by atoms with Crippen molar-refractivity contribution in [3.8, 4) is 22.3 Å². The summed E-state index contributed by atoms with van der Waals surface area (Å²) >= 11 is 0. The predicted molar refractivity (Wildman–Crippen MR) is 185 cm³/mol. The fraction of sp³-hybridized carbons (Fsp3) is 0.0244. The SMILES string of the molecule is CN=C1C=CC=C/C1=C/c1ccc(-c2ccc(-c3cc4nc5ccccc5cc4c4ccccc34)cc2)c2ccccc12. The Morgan fingerprint density at radius 2 is 1.19 bits per heavy atom. The van der Waals surface area contributed by atoms with Gasteiger partial charge in [0.05, 0.1) is 16.7 Å². The molecule has 6 aromatic carbocycles. The predicted octanol–water partition coefficient (Wildman–Crippen LogP) is 10.6. The van der Waals surface area contributed by atoms with Crippen LogP contribution in [0.25, 0.3) is 71.7 Å². The van der Waals surface area contributed by atoms with E-state index in [9.17, 15) is 0 Å². The minimum absolute atomic E-state index is 0.996. The van der Waals surface area contributed by atoms with Gasteiger partial charge >= 0.3 is 0 Å². The zero-order valence-electron chi connectivity index (χ0n) is 23.8. The highest BCUT2D eigenvalue weighted by molar-refractivity contribution is 6.16. The summed E-state index contributed by atoms with van der Waals surface area (Å²) in [6.45, 7) is 0. The number of aliphatic imine (C=N–C) groups is 1. The Morgan fingerprint density at radius 1 is 0.535 bits per heavy atom. The molecule has 0 aliphatic heterocycles. The number of allylic oxidation sites excluding steroid dienone is 5. The van der Waals surface area contributed by atoms with Crippen LogP contribution in [0.1, 0.15) is 5.56 Å². The van der Waals surface area contributed by atoms with Crippen molar-refractivity contribution >= 4 is 55.1 Å². The van der Waals surface area contributed by atoms with Gasteiger partial charge in [-0.25, -0.2) is 4.98 Å². The maximum absolute atomic E-state index is 5.05. The zero-order valence-corrected chi connectivity index (χ0v) is 23.8. The molecule has 0 radical (unpaired) electrons. The van der Waals surface area contributed by atoms with Crippen LogP contribution >= 0.6 is 0 Å². The summed E-state index contributed by atoms with van der Waals surface area (Å²) in [5.41, 5.74) is 10.2. The Bertz CT molecular complexity index is 2330. The van der Waals surface area contributed by atoms with Crippen molar-refractivity contribution in [1.82, 2.24) is 4.98 Å². The van der Waals surface area contributed by atoms with Gasteiger partial charge in [-0.2, -0.15) is 0 Å². The monoisotopic (exact) mass is 548 g/mol. The molecule has 1 aliphatic rings.